The lowest BCUT2D eigenvalue weighted by molar-refractivity contribution is 0.159. The van der Waals surface area contributed by atoms with Crippen LogP contribution < -0.4 is 5.32 Å². The van der Waals surface area contributed by atoms with Gasteiger partial charge >= 0.3 is 0 Å². The summed E-state index contributed by atoms with van der Waals surface area (Å²) in [6.07, 6.45) is 7.01. The van der Waals surface area contributed by atoms with Crippen molar-refractivity contribution in [2.45, 2.75) is 58.4 Å². The Bertz CT molecular complexity index is 466. The lowest BCUT2D eigenvalue weighted by atomic mass is 9.71. The fraction of sp³-hybridized carbons (Fsp3) is 0.667. The first kappa shape index (κ1) is 16.8. The summed E-state index contributed by atoms with van der Waals surface area (Å²) in [5.41, 5.74) is 1.04. The molecule has 1 nitrogen and oxygen atoms in total. The number of hydrogen-bond acceptors (Lipinski definition) is 1. The molecule has 0 amide bonds. The Kier molecular flexibility index (Phi) is 5.67. The van der Waals surface area contributed by atoms with E-state index in [4.69, 9.17) is 11.6 Å². The van der Waals surface area contributed by atoms with Crippen LogP contribution in [-0.2, 0) is 6.42 Å². The first-order valence-electron chi connectivity index (χ1n) is 8.08. The van der Waals surface area contributed by atoms with Crippen molar-refractivity contribution in [2.24, 2.45) is 11.3 Å². The molecular weight excluding hydrogens is 285 g/mol. The highest BCUT2D eigenvalue weighted by Gasteiger charge is 2.41. The van der Waals surface area contributed by atoms with E-state index in [9.17, 15) is 4.39 Å². The summed E-state index contributed by atoms with van der Waals surface area (Å²) in [5, 5.41) is 3.70. The Morgan fingerprint density at radius 2 is 1.95 bits per heavy atom. The van der Waals surface area contributed by atoms with E-state index < -0.39 is 0 Å². The second kappa shape index (κ2) is 7.11. The first-order chi connectivity index (χ1) is 9.98. The number of benzene rings is 1. The van der Waals surface area contributed by atoms with Crippen molar-refractivity contribution in [2.75, 3.05) is 7.05 Å². The lowest BCUT2D eigenvalue weighted by Gasteiger charge is -2.39. The van der Waals surface area contributed by atoms with Crippen LogP contribution in [-0.4, -0.2) is 13.1 Å². The standard InChI is InChI=1S/C18H27ClFN/c1-13(2)12-18(9-4-5-10-18)16(21-3)11-14-7-6-8-15(19)17(14)20/h6-8,13,16,21H,4-5,9-12H2,1-3H3. The molecule has 1 aromatic rings. The van der Waals surface area contributed by atoms with Gasteiger partial charge in [0.25, 0.3) is 0 Å². The maximum Gasteiger partial charge on any atom is 0.145 e. The maximum atomic E-state index is 14.2. The molecule has 3 heteroatoms. The van der Waals surface area contributed by atoms with Crippen LogP contribution in [0.25, 0.3) is 0 Å². The van der Waals surface area contributed by atoms with Gasteiger partial charge in [0, 0.05) is 6.04 Å². The molecule has 0 heterocycles. The van der Waals surface area contributed by atoms with Crippen LogP contribution in [0.15, 0.2) is 18.2 Å². The predicted molar refractivity (Wildman–Crippen MR) is 88.3 cm³/mol. The molecule has 1 N–H and O–H groups in total. The Balaban J connectivity index is 2.23. The number of halogens is 2. The minimum atomic E-state index is -0.253. The second-order valence-electron chi connectivity index (χ2n) is 6.93. The zero-order chi connectivity index (χ0) is 15.5. The van der Waals surface area contributed by atoms with Crippen molar-refractivity contribution in [3.63, 3.8) is 0 Å². The molecule has 0 radical (unpaired) electrons. The van der Waals surface area contributed by atoms with Gasteiger partial charge in [-0.05, 0) is 55.7 Å². The van der Waals surface area contributed by atoms with Gasteiger partial charge in [0.1, 0.15) is 5.82 Å². The van der Waals surface area contributed by atoms with Gasteiger partial charge in [-0.25, -0.2) is 4.39 Å². The fourth-order valence-corrected chi connectivity index (χ4v) is 4.33. The zero-order valence-corrected chi connectivity index (χ0v) is 14.1. The van der Waals surface area contributed by atoms with Crippen molar-refractivity contribution >= 4 is 11.6 Å². The minimum Gasteiger partial charge on any atom is -0.316 e. The summed E-state index contributed by atoms with van der Waals surface area (Å²) >= 11 is 5.92. The van der Waals surface area contributed by atoms with Crippen LogP contribution in [0.5, 0.6) is 0 Å². The monoisotopic (exact) mass is 311 g/mol. The van der Waals surface area contributed by atoms with Gasteiger partial charge in [0.15, 0.2) is 0 Å². The molecule has 1 atom stereocenters. The average Bonchev–Trinajstić information content (AvgIpc) is 2.89. The van der Waals surface area contributed by atoms with Crippen molar-refractivity contribution in [3.8, 4) is 0 Å². The molecule has 0 spiro atoms. The number of nitrogens with one attached hydrogen (secondary N) is 1. The summed E-state index contributed by atoms with van der Waals surface area (Å²) in [6.45, 7) is 4.57. The van der Waals surface area contributed by atoms with Crippen molar-refractivity contribution < 1.29 is 4.39 Å². The Hall–Kier alpha value is -0.600. The topological polar surface area (TPSA) is 12.0 Å². The van der Waals surface area contributed by atoms with Gasteiger partial charge < -0.3 is 5.32 Å². The second-order valence-corrected chi connectivity index (χ2v) is 7.33. The predicted octanol–water partition coefficient (Wildman–Crippen LogP) is 5.22. The van der Waals surface area contributed by atoms with Crippen LogP contribution in [0, 0.1) is 17.2 Å². The summed E-state index contributed by atoms with van der Waals surface area (Å²) in [6, 6.07) is 5.64. The Morgan fingerprint density at radius 1 is 1.29 bits per heavy atom. The summed E-state index contributed by atoms with van der Waals surface area (Å²) in [7, 11) is 2.01. The van der Waals surface area contributed by atoms with Crippen molar-refractivity contribution in [3.05, 3.63) is 34.6 Å². The van der Waals surface area contributed by atoms with E-state index in [0.717, 1.165) is 12.0 Å². The van der Waals surface area contributed by atoms with Crippen LogP contribution in [0.4, 0.5) is 4.39 Å². The SMILES string of the molecule is CNC(Cc1cccc(Cl)c1F)C1(CC(C)C)CCCC1. The van der Waals surface area contributed by atoms with Gasteiger partial charge in [-0.1, -0.05) is 50.4 Å². The third-order valence-electron chi connectivity index (χ3n) is 4.96. The average molecular weight is 312 g/mol. The van der Waals surface area contributed by atoms with Crippen LogP contribution >= 0.6 is 11.6 Å². The third-order valence-corrected chi connectivity index (χ3v) is 5.25. The summed E-state index contributed by atoms with van der Waals surface area (Å²) in [5.74, 6) is 0.417. The van der Waals surface area contributed by atoms with Crippen LogP contribution in [0.1, 0.15) is 51.5 Å². The first-order valence-corrected chi connectivity index (χ1v) is 8.46. The fourth-order valence-electron chi connectivity index (χ4n) is 4.14. The largest absolute Gasteiger partial charge is 0.316 e. The van der Waals surface area contributed by atoms with Crippen LogP contribution in [0.2, 0.25) is 5.02 Å². The van der Waals surface area contributed by atoms with Gasteiger partial charge in [0.05, 0.1) is 5.02 Å². The van der Waals surface area contributed by atoms with E-state index in [1.54, 1.807) is 6.07 Å². The quantitative estimate of drug-likeness (QED) is 0.760. The maximum absolute atomic E-state index is 14.2. The molecule has 21 heavy (non-hydrogen) atoms. The van der Waals surface area contributed by atoms with E-state index in [2.05, 4.69) is 19.2 Å². The smallest absolute Gasteiger partial charge is 0.145 e. The molecular formula is C18H27ClFN. The van der Waals surface area contributed by atoms with E-state index in [1.165, 1.54) is 32.1 Å². The Labute approximate surface area is 133 Å². The van der Waals surface area contributed by atoms with E-state index in [-0.39, 0.29) is 10.8 Å². The molecule has 1 fully saturated rings. The molecule has 0 aromatic heterocycles. The number of hydrogen-bond donors (Lipinski definition) is 1. The van der Waals surface area contributed by atoms with E-state index >= 15 is 0 Å². The van der Waals surface area contributed by atoms with Crippen LogP contribution in [0.3, 0.4) is 0 Å². The molecule has 0 aliphatic heterocycles. The zero-order valence-electron chi connectivity index (χ0n) is 13.4. The van der Waals surface area contributed by atoms with Gasteiger partial charge in [0.2, 0.25) is 0 Å². The Morgan fingerprint density at radius 3 is 2.52 bits per heavy atom. The van der Waals surface area contributed by atoms with Gasteiger partial charge in [-0.15, -0.1) is 0 Å². The number of likely N-dealkylation sites (N-methyl/N-ethyl adjacent to an activating group) is 1. The van der Waals surface area contributed by atoms with Gasteiger partial charge in [-0.3, -0.25) is 0 Å². The summed E-state index contributed by atoms with van der Waals surface area (Å²) in [4.78, 5) is 0. The van der Waals surface area contributed by atoms with Gasteiger partial charge in [-0.2, -0.15) is 0 Å². The highest BCUT2D eigenvalue weighted by atomic mass is 35.5. The molecule has 0 bridgehead atoms. The van der Waals surface area contributed by atoms with Crippen molar-refractivity contribution in [1.82, 2.24) is 5.32 Å². The van der Waals surface area contributed by atoms with Crippen molar-refractivity contribution in [1.29, 1.82) is 0 Å². The molecule has 1 aliphatic rings. The highest BCUT2D eigenvalue weighted by Crippen LogP contribution is 2.46. The van der Waals surface area contributed by atoms with E-state index in [0.29, 0.717) is 17.4 Å². The molecule has 1 aromatic carbocycles. The molecule has 2 rings (SSSR count). The summed E-state index contributed by atoms with van der Waals surface area (Å²) < 4.78 is 14.2. The third kappa shape index (κ3) is 3.78. The molecule has 1 saturated carbocycles. The number of rotatable bonds is 6. The van der Waals surface area contributed by atoms with E-state index in [1.807, 2.05) is 19.2 Å². The normalized spacial score (nSPS) is 19.1. The highest BCUT2D eigenvalue weighted by molar-refractivity contribution is 6.30. The molecule has 0 saturated heterocycles. The lowest BCUT2D eigenvalue weighted by Crippen LogP contribution is -2.44. The molecule has 1 unspecified atom stereocenters. The molecule has 1 aliphatic carbocycles. The minimum absolute atomic E-state index is 0.228. The molecule has 118 valence electrons.